The maximum Gasteiger partial charge on any atom is 0.0696 e. The fraction of sp³-hybridized carbons (Fsp3) is 0.818. The van der Waals surface area contributed by atoms with Gasteiger partial charge in [-0.1, -0.05) is 5.92 Å². The molecule has 2 bridgehead atoms. The Hall–Kier alpha value is -0.560. The van der Waals surface area contributed by atoms with Crippen LogP contribution in [0, 0.1) is 12.3 Å². The SMILES string of the molecule is C#CCN1[C@@H]2CC[C@H]1[C@@H](O)CC[C@@H]2O. The fourth-order valence-electron chi connectivity index (χ4n) is 2.81. The number of hydrogen-bond donors (Lipinski definition) is 2. The Balaban J connectivity index is 2.18. The molecule has 2 saturated heterocycles. The quantitative estimate of drug-likeness (QED) is 0.577. The van der Waals surface area contributed by atoms with Crippen molar-refractivity contribution < 1.29 is 10.2 Å². The molecular formula is C11H17NO2. The van der Waals surface area contributed by atoms with Crippen LogP contribution in [0.2, 0.25) is 0 Å². The van der Waals surface area contributed by atoms with Crippen LogP contribution in [0.15, 0.2) is 0 Å². The van der Waals surface area contributed by atoms with E-state index in [2.05, 4.69) is 10.8 Å². The molecule has 2 fully saturated rings. The number of aliphatic hydroxyl groups is 2. The molecular weight excluding hydrogens is 178 g/mol. The van der Waals surface area contributed by atoms with E-state index in [1.165, 1.54) is 0 Å². The maximum atomic E-state index is 9.87. The maximum absolute atomic E-state index is 9.87. The summed E-state index contributed by atoms with van der Waals surface area (Å²) in [7, 11) is 0. The predicted molar refractivity (Wildman–Crippen MR) is 53.6 cm³/mol. The first-order valence-corrected chi connectivity index (χ1v) is 5.29. The van der Waals surface area contributed by atoms with Gasteiger partial charge in [-0.15, -0.1) is 6.42 Å². The van der Waals surface area contributed by atoms with E-state index < -0.39 is 0 Å². The van der Waals surface area contributed by atoms with Crippen LogP contribution >= 0.6 is 0 Å². The van der Waals surface area contributed by atoms with Crippen molar-refractivity contribution in [2.75, 3.05) is 6.54 Å². The van der Waals surface area contributed by atoms with E-state index in [-0.39, 0.29) is 24.3 Å². The molecule has 0 aromatic carbocycles. The van der Waals surface area contributed by atoms with Gasteiger partial charge in [0.25, 0.3) is 0 Å². The van der Waals surface area contributed by atoms with Gasteiger partial charge in [-0.3, -0.25) is 4.90 Å². The van der Waals surface area contributed by atoms with Crippen LogP contribution in [0.5, 0.6) is 0 Å². The summed E-state index contributed by atoms with van der Waals surface area (Å²) in [6, 6.07) is 0.349. The monoisotopic (exact) mass is 195 g/mol. The lowest BCUT2D eigenvalue weighted by Crippen LogP contribution is -2.44. The van der Waals surface area contributed by atoms with Gasteiger partial charge in [0.1, 0.15) is 0 Å². The van der Waals surface area contributed by atoms with Crippen molar-refractivity contribution in [3.8, 4) is 12.3 Å². The highest BCUT2D eigenvalue weighted by Gasteiger charge is 2.42. The minimum atomic E-state index is -0.314. The third kappa shape index (κ3) is 1.54. The van der Waals surface area contributed by atoms with Crippen molar-refractivity contribution >= 4 is 0 Å². The fourth-order valence-corrected chi connectivity index (χ4v) is 2.81. The molecule has 0 radical (unpaired) electrons. The second-order valence-electron chi connectivity index (χ2n) is 4.30. The van der Waals surface area contributed by atoms with Crippen LogP contribution in [0.1, 0.15) is 25.7 Å². The Morgan fingerprint density at radius 2 is 1.57 bits per heavy atom. The first-order chi connectivity index (χ1) is 6.74. The summed E-state index contributed by atoms with van der Waals surface area (Å²) in [5.41, 5.74) is 0. The average molecular weight is 195 g/mol. The van der Waals surface area contributed by atoms with Crippen LogP contribution in [-0.4, -0.2) is 45.9 Å². The Morgan fingerprint density at radius 1 is 1.07 bits per heavy atom. The molecule has 3 nitrogen and oxygen atoms in total. The van der Waals surface area contributed by atoms with Crippen molar-refractivity contribution in [2.45, 2.75) is 50.0 Å². The van der Waals surface area contributed by atoms with E-state index in [9.17, 15) is 10.2 Å². The largest absolute Gasteiger partial charge is 0.391 e. The Morgan fingerprint density at radius 3 is 2.00 bits per heavy atom. The third-order valence-electron chi connectivity index (χ3n) is 3.53. The van der Waals surface area contributed by atoms with E-state index >= 15 is 0 Å². The van der Waals surface area contributed by atoms with Gasteiger partial charge in [0.15, 0.2) is 0 Å². The van der Waals surface area contributed by atoms with E-state index in [0.29, 0.717) is 19.4 Å². The summed E-state index contributed by atoms with van der Waals surface area (Å²) in [5.74, 6) is 2.61. The van der Waals surface area contributed by atoms with Crippen LogP contribution in [0.3, 0.4) is 0 Å². The number of nitrogens with zero attached hydrogens (tertiary/aromatic N) is 1. The number of terminal acetylenes is 1. The Labute approximate surface area is 84.7 Å². The highest BCUT2D eigenvalue weighted by molar-refractivity contribution is 5.02. The van der Waals surface area contributed by atoms with Crippen LogP contribution < -0.4 is 0 Å². The Bertz CT molecular complexity index is 230. The molecule has 78 valence electrons. The molecule has 2 aliphatic heterocycles. The lowest BCUT2D eigenvalue weighted by molar-refractivity contribution is 0.0577. The van der Waals surface area contributed by atoms with E-state index in [1.54, 1.807) is 0 Å². The lowest BCUT2D eigenvalue weighted by atomic mass is 9.97. The summed E-state index contributed by atoms with van der Waals surface area (Å²) >= 11 is 0. The number of hydrogen-bond acceptors (Lipinski definition) is 3. The summed E-state index contributed by atoms with van der Waals surface area (Å²) in [6.07, 6.45) is 7.99. The molecule has 3 heteroatoms. The van der Waals surface area contributed by atoms with Gasteiger partial charge < -0.3 is 10.2 Å². The summed E-state index contributed by atoms with van der Waals surface area (Å²) in [4.78, 5) is 2.10. The molecule has 0 aromatic heterocycles. The average Bonchev–Trinajstić information content (AvgIpc) is 2.53. The van der Waals surface area contributed by atoms with Crippen molar-refractivity contribution in [1.82, 2.24) is 4.90 Å². The predicted octanol–water partition coefficient (Wildman–Crippen LogP) is -0.0318. The highest BCUT2D eigenvalue weighted by atomic mass is 16.3. The van der Waals surface area contributed by atoms with Crippen molar-refractivity contribution in [2.24, 2.45) is 0 Å². The molecule has 2 aliphatic rings. The van der Waals surface area contributed by atoms with Gasteiger partial charge in [-0.25, -0.2) is 0 Å². The van der Waals surface area contributed by atoms with Crippen LogP contribution in [-0.2, 0) is 0 Å². The zero-order valence-corrected chi connectivity index (χ0v) is 8.26. The summed E-state index contributed by atoms with van der Waals surface area (Å²) < 4.78 is 0. The van der Waals surface area contributed by atoms with Gasteiger partial charge in [-0.05, 0) is 25.7 Å². The van der Waals surface area contributed by atoms with E-state index in [1.807, 2.05) is 0 Å². The molecule has 4 atom stereocenters. The zero-order chi connectivity index (χ0) is 10.1. The van der Waals surface area contributed by atoms with E-state index in [0.717, 1.165) is 12.8 Å². The topological polar surface area (TPSA) is 43.7 Å². The van der Waals surface area contributed by atoms with Gasteiger partial charge in [0, 0.05) is 12.1 Å². The van der Waals surface area contributed by atoms with E-state index in [4.69, 9.17) is 6.42 Å². The minimum absolute atomic E-state index is 0.174. The van der Waals surface area contributed by atoms with Crippen LogP contribution in [0.25, 0.3) is 0 Å². The first kappa shape index (κ1) is 9.97. The second kappa shape index (κ2) is 3.90. The van der Waals surface area contributed by atoms with Crippen molar-refractivity contribution in [3.63, 3.8) is 0 Å². The molecule has 0 amide bonds. The molecule has 2 heterocycles. The second-order valence-corrected chi connectivity index (χ2v) is 4.30. The first-order valence-electron chi connectivity index (χ1n) is 5.29. The van der Waals surface area contributed by atoms with Crippen molar-refractivity contribution in [3.05, 3.63) is 0 Å². The lowest BCUT2D eigenvalue weighted by Gasteiger charge is -2.29. The number of rotatable bonds is 1. The molecule has 2 rings (SSSR count). The number of fused-ring (bicyclic) bond motifs is 2. The Kier molecular flexibility index (Phi) is 2.78. The third-order valence-corrected chi connectivity index (χ3v) is 3.53. The van der Waals surface area contributed by atoms with Gasteiger partial charge in [0.05, 0.1) is 18.8 Å². The smallest absolute Gasteiger partial charge is 0.0696 e. The van der Waals surface area contributed by atoms with Gasteiger partial charge in [0.2, 0.25) is 0 Å². The molecule has 0 aliphatic carbocycles. The molecule has 0 unspecified atom stereocenters. The zero-order valence-electron chi connectivity index (χ0n) is 8.26. The van der Waals surface area contributed by atoms with Crippen LogP contribution in [0.4, 0.5) is 0 Å². The number of aliphatic hydroxyl groups excluding tert-OH is 2. The minimum Gasteiger partial charge on any atom is -0.391 e. The summed E-state index contributed by atoms with van der Waals surface area (Å²) in [5, 5.41) is 19.7. The highest BCUT2D eigenvalue weighted by Crippen LogP contribution is 2.34. The normalized spacial score (nSPS) is 43.2. The molecule has 14 heavy (non-hydrogen) atoms. The van der Waals surface area contributed by atoms with Gasteiger partial charge in [-0.2, -0.15) is 0 Å². The van der Waals surface area contributed by atoms with Crippen molar-refractivity contribution in [1.29, 1.82) is 0 Å². The van der Waals surface area contributed by atoms with Gasteiger partial charge >= 0.3 is 0 Å². The summed E-state index contributed by atoms with van der Waals surface area (Å²) in [6.45, 7) is 0.545. The standard InChI is InChI=1S/C11H17NO2/c1-2-7-12-8-3-4-9(12)11(14)6-5-10(8)13/h1,8-11,13-14H,3-7H2/t8-,9+,10-,11-/m0/s1. The molecule has 0 spiro atoms. The molecule has 0 aromatic rings. The molecule has 2 N–H and O–H groups in total. The molecule has 0 saturated carbocycles.